The van der Waals surface area contributed by atoms with Gasteiger partial charge in [-0.2, -0.15) is 3.71 Å². The van der Waals surface area contributed by atoms with E-state index in [0.29, 0.717) is 14.6 Å². The molecule has 3 aromatic carbocycles. The Morgan fingerprint density at radius 3 is 1.65 bits per heavy atom. The van der Waals surface area contributed by atoms with Crippen molar-refractivity contribution >= 4 is 42.5 Å². The van der Waals surface area contributed by atoms with Gasteiger partial charge in [-0.3, -0.25) is 9.36 Å². The summed E-state index contributed by atoms with van der Waals surface area (Å²) in [6.45, 7) is 1.32. The molecule has 0 unspecified atom stereocenters. The van der Waals surface area contributed by atoms with Gasteiger partial charge in [0.1, 0.15) is 0 Å². The van der Waals surface area contributed by atoms with Gasteiger partial charge < -0.3 is 0 Å². The minimum atomic E-state index is -4.54. The molecule has 9 heteroatoms. The number of hydrogen-bond acceptors (Lipinski definition) is 5. The number of carbonyl (C=O) groups excluding carboxylic acids is 1. The van der Waals surface area contributed by atoms with E-state index in [0.717, 1.165) is 0 Å². The third kappa shape index (κ3) is 3.51. The van der Waals surface area contributed by atoms with Gasteiger partial charge in [0, 0.05) is 18.5 Å². The van der Waals surface area contributed by atoms with E-state index in [2.05, 4.69) is 0 Å². The van der Waals surface area contributed by atoms with E-state index in [1.54, 1.807) is 36.4 Å². The maximum atomic E-state index is 13.6. The Labute approximate surface area is 180 Å². The molecule has 0 aliphatic rings. The fraction of sp³-hybridized carbons (Fsp3) is 0.0455. The van der Waals surface area contributed by atoms with Gasteiger partial charge in [0.05, 0.1) is 21.0 Å². The molecule has 7 nitrogen and oxygen atoms in total. The lowest BCUT2D eigenvalue weighted by atomic mass is 10.2. The second-order valence-corrected chi connectivity index (χ2v) is 10.6. The molecule has 0 aliphatic heterocycles. The highest BCUT2D eigenvalue weighted by atomic mass is 32.3. The molecule has 0 N–H and O–H groups in total. The Balaban J connectivity index is 2.09. The number of sulfonamides is 2. The largest absolute Gasteiger partial charge is 0.285 e. The number of aromatic nitrogens is 1. The summed E-state index contributed by atoms with van der Waals surface area (Å²) in [5, 5.41) is 0.316. The Morgan fingerprint density at radius 1 is 0.710 bits per heavy atom. The SMILES string of the molecule is CC(=O)n1cc(N(S(=O)(=O)c2ccccc2)S(=O)(=O)c2ccccc2)c2ccccc21. The molecule has 4 aromatic rings. The zero-order valence-electron chi connectivity index (χ0n) is 16.4. The summed E-state index contributed by atoms with van der Waals surface area (Å²) < 4.78 is 56.2. The summed E-state index contributed by atoms with van der Waals surface area (Å²) in [5.74, 6) is -0.378. The average molecular weight is 455 g/mol. The van der Waals surface area contributed by atoms with Gasteiger partial charge in [-0.25, -0.2) is 16.8 Å². The predicted octanol–water partition coefficient (Wildman–Crippen LogP) is 3.89. The number of para-hydroxylation sites is 1. The van der Waals surface area contributed by atoms with Crippen LogP contribution in [0.4, 0.5) is 5.69 Å². The third-order valence-electron chi connectivity index (χ3n) is 4.75. The molecule has 0 fully saturated rings. The highest BCUT2D eigenvalue weighted by Gasteiger charge is 2.38. The summed E-state index contributed by atoms with van der Waals surface area (Å²) in [4.78, 5) is 11.8. The number of fused-ring (bicyclic) bond motifs is 1. The summed E-state index contributed by atoms with van der Waals surface area (Å²) in [5.41, 5.74) is 0.278. The molecule has 0 spiro atoms. The van der Waals surface area contributed by atoms with Crippen molar-refractivity contribution < 1.29 is 21.6 Å². The van der Waals surface area contributed by atoms with Crippen molar-refractivity contribution in [3.05, 3.63) is 91.1 Å². The van der Waals surface area contributed by atoms with E-state index in [9.17, 15) is 21.6 Å². The Morgan fingerprint density at radius 2 is 1.16 bits per heavy atom. The van der Waals surface area contributed by atoms with E-state index in [1.807, 2.05) is 0 Å². The van der Waals surface area contributed by atoms with Crippen LogP contribution in [0.15, 0.2) is 101 Å². The molecular weight excluding hydrogens is 436 g/mol. The second kappa shape index (κ2) is 7.68. The van der Waals surface area contributed by atoms with Gasteiger partial charge in [0.2, 0.25) is 5.91 Å². The molecule has 31 heavy (non-hydrogen) atoms. The van der Waals surface area contributed by atoms with Crippen molar-refractivity contribution in [1.29, 1.82) is 0 Å². The van der Waals surface area contributed by atoms with Crippen LogP contribution in [-0.2, 0) is 20.0 Å². The van der Waals surface area contributed by atoms with E-state index in [-0.39, 0.29) is 21.4 Å². The molecule has 0 bridgehead atoms. The van der Waals surface area contributed by atoms with Gasteiger partial charge in [0.15, 0.2) is 0 Å². The van der Waals surface area contributed by atoms with Crippen LogP contribution in [-0.4, -0.2) is 27.3 Å². The average Bonchev–Trinajstić information content (AvgIpc) is 3.14. The number of rotatable bonds is 5. The van der Waals surface area contributed by atoms with Crippen molar-refractivity contribution in [3.8, 4) is 0 Å². The van der Waals surface area contributed by atoms with Crippen LogP contribution in [0, 0.1) is 0 Å². The number of carbonyl (C=O) groups is 1. The number of nitrogens with zero attached hydrogens (tertiary/aromatic N) is 2. The lowest BCUT2D eigenvalue weighted by Gasteiger charge is -2.23. The van der Waals surface area contributed by atoms with Crippen LogP contribution in [0.5, 0.6) is 0 Å². The van der Waals surface area contributed by atoms with Crippen molar-refractivity contribution in [2.24, 2.45) is 0 Å². The maximum Gasteiger partial charge on any atom is 0.277 e. The lowest BCUT2D eigenvalue weighted by Crippen LogP contribution is -2.37. The second-order valence-electron chi connectivity index (χ2n) is 6.75. The first-order chi connectivity index (χ1) is 14.7. The first-order valence-corrected chi connectivity index (χ1v) is 12.1. The van der Waals surface area contributed by atoms with Crippen LogP contribution < -0.4 is 3.71 Å². The van der Waals surface area contributed by atoms with E-state index < -0.39 is 20.0 Å². The molecular formula is C22H18N2O5S2. The number of benzene rings is 3. The first-order valence-electron chi connectivity index (χ1n) is 9.26. The molecule has 158 valence electrons. The van der Waals surface area contributed by atoms with Gasteiger partial charge in [-0.15, -0.1) is 0 Å². The van der Waals surface area contributed by atoms with Crippen molar-refractivity contribution in [3.63, 3.8) is 0 Å². The van der Waals surface area contributed by atoms with Crippen LogP contribution in [0.25, 0.3) is 10.9 Å². The fourth-order valence-corrected chi connectivity index (χ4v) is 7.08. The normalized spacial score (nSPS) is 12.0. The number of hydrogen-bond donors (Lipinski definition) is 0. The topological polar surface area (TPSA) is 93.5 Å². The van der Waals surface area contributed by atoms with Crippen molar-refractivity contribution in [1.82, 2.24) is 4.57 Å². The molecule has 0 saturated heterocycles. The van der Waals surface area contributed by atoms with Gasteiger partial charge in [-0.05, 0) is 30.3 Å². The summed E-state index contributed by atoms with van der Waals surface area (Å²) in [6.07, 6.45) is 1.24. The molecule has 0 amide bonds. The van der Waals surface area contributed by atoms with Crippen LogP contribution in [0.1, 0.15) is 11.7 Å². The third-order valence-corrected chi connectivity index (χ3v) is 8.93. The van der Waals surface area contributed by atoms with E-state index in [1.165, 1.54) is 66.2 Å². The molecule has 4 rings (SSSR count). The summed E-state index contributed by atoms with van der Waals surface area (Å²) in [7, 11) is -9.09. The van der Waals surface area contributed by atoms with Crippen LogP contribution in [0.2, 0.25) is 0 Å². The fourth-order valence-electron chi connectivity index (χ4n) is 3.33. The first kappa shape index (κ1) is 20.8. The Bertz CT molecular complexity index is 1410. The quantitative estimate of drug-likeness (QED) is 0.456. The highest BCUT2D eigenvalue weighted by Crippen LogP contribution is 2.37. The zero-order valence-corrected chi connectivity index (χ0v) is 18.0. The standard InChI is InChI=1S/C22H18N2O5S2/c1-17(25)23-16-22(20-14-8-9-15-21(20)23)24(30(26,27)18-10-4-2-5-11-18)31(28,29)19-12-6-3-7-13-19/h2-16H,1H3. The molecule has 0 atom stereocenters. The molecule has 0 radical (unpaired) electrons. The minimum Gasteiger partial charge on any atom is -0.285 e. The highest BCUT2D eigenvalue weighted by molar-refractivity contribution is 8.10. The van der Waals surface area contributed by atoms with Crippen molar-refractivity contribution in [2.75, 3.05) is 3.71 Å². The van der Waals surface area contributed by atoms with Gasteiger partial charge in [-0.1, -0.05) is 54.6 Å². The van der Waals surface area contributed by atoms with Crippen LogP contribution >= 0.6 is 0 Å². The van der Waals surface area contributed by atoms with Crippen molar-refractivity contribution in [2.45, 2.75) is 16.7 Å². The maximum absolute atomic E-state index is 13.6. The Hall–Kier alpha value is -3.43. The predicted molar refractivity (Wildman–Crippen MR) is 118 cm³/mol. The summed E-state index contributed by atoms with van der Waals surface area (Å²) in [6, 6.07) is 21.2. The minimum absolute atomic E-state index is 0.126. The molecule has 1 heterocycles. The van der Waals surface area contributed by atoms with E-state index >= 15 is 0 Å². The lowest BCUT2D eigenvalue weighted by molar-refractivity contribution is 0.0941. The van der Waals surface area contributed by atoms with Gasteiger partial charge in [0.25, 0.3) is 20.0 Å². The molecule has 0 aliphatic carbocycles. The molecule has 1 aromatic heterocycles. The number of anilines is 1. The Kier molecular flexibility index (Phi) is 5.16. The smallest absolute Gasteiger partial charge is 0.277 e. The van der Waals surface area contributed by atoms with Crippen LogP contribution in [0.3, 0.4) is 0 Å². The molecule has 0 saturated carbocycles. The van der Waals surface area contributed by atoms with E-state index in [4.69, 9.17) is 0 Å². The van der Waals surface area contributed by atoms with Gasteiger partial charge >= 0.3 is 0 Å². The monoisotopic (exact) mass is 454 g/mol. The summed E-state index contributed by atoms with van der Waals surface area (Å²) >= 11 is 0. The zero-order chi connectivity index (χ0) is 22.2.